The van der Waals surface area contributed by atoms with E-state index in [0.29, 0.717) is 11.8 Å². The molecular weight excluding hydrogens is 212 g/mol. The van der Waals surface area contributed by atoms with Crippen molar-refractivity contribution in [3.63, 3.8) is 0 Å². The van der Waals surface area contributed by atoms with E-state index in [-0.39, 0.29) is 0 Å². The van der Waals surface area contributed by atoms with Crippen molar-refractivity contribution in [3.8, 4) is 0 Å². The summed E-state index contributed by atoms with van der Waals surface area (Å²) in [6, 6.07) is 0. The number of hydrogen-bond acceptors (Lipinski definition) is 3. The van der Waals surface area contributed by atoms with Gasteiger partial charge in [-0.15, -0.1) is 0 Å². The highest BCUT2D eigenvalue weighted by Crippen LogP contribution is 2.36. The Balaban J connectivity index is 1.79. The lowest BCUT2D eigenvalue weighted by Crippen LogP contribution is -2.28. The first-order valence-electron chi connectivity index (χ1n) is 7.02. The SMILES string of the molecule is Cc1oc(C2CCCNC2)nc1C1CCCC1. The Morgan fingerprint density at radius 3 is 2.59 bits per heavy atom. The lowest BCUT2D eigenvalue weighted by Gasteiger charge is -2.19. The van der Waals surface area contributed by atoms with Crippen LogP contribution in [0.4, 0.5) is 0 Å². The van der Waals surface area contributed by atoms with E-state index in [1.807, 2.05) is 0 Å². The zero-order chi connectivity index (χ0) is 11.7. The summed E-state index contributed by atoms with van der Waals surface area (Å²) in [6.07, 6.45) is 7.78. The van der Waals surface area contributed by atoms with Gasteiger partial charge in [-0.25, -0.2) is 4.98 Å². The largest absolute Gasteiger partial charge is 0.445 e. The molecule has 3 heteroatoms. The third-order valence-electron chi connectivity index (χ3n) is 4.24. The third kappa shape index (κ3) is 2.25. The van der Waals surface area contributed by atoms with Gasteiger partial charge in [0.15, 0.2) is 5.89 Å². The van der Waals surface area contributed by atoms with Crippen LogP contribution in [0.1, 0.15) is 67.7 Å². The molecule has 94 valence electrons. The first-order chi connectivity index (χ1) is 8.34. The molecule has 0 amide bonds. The Kier molecular flexibility index (Phi) is 3.19. The molecule has 1 aliphatic heterocycles. The van der Waals surface area contributed by atoms with Crippen molar-refractivity contribution in [2.24, 2.45) is 0 Å². The van der Waals surface area contributed by atoms with Crippen LogP contribution in [0.15, 0.2) is 4.42 Å². The quantitative estimate of drug-likeness (QED) is 0.854. The van der Waals surface area contributed by atoms with Gasteiger partial charge in [0.05, 0.1) is 5.69 Å². The van der Waals surface area contributed by atoms with E-state index in [9.17, 15) is 0 Å². The first-order valence-corrected chi connectivity index (χ1v) is 7.02. The summed E-state index contributed by atoms with van der Waals surface area (Å²) in [7, 11) is 0. The molecule has 0 radical (unpaired) electrons. The van der Waals surface area contributed by atoms with Gasteiger partial charge in [-0.05, 0) is 39.2 Å². The fourth-order valence-corrected chi connectivity index (χ4v) is 3.24. The summed E-state index contributed by atoms with van der Waals surface area (Å²) in [4.78, 5) is 4.81. The molecule has 17 heavy (non-hydrogen) atoms. The van der Waals surface area contributed by atoms with Gasteiger partial charge in [0.2, 0.25) is 0 Å². The molecule has 2 fully saturated rings. The van der Waals surface area contributed by atoms with Gasteiger partial charge in [0, 0.05) is 18.4 Å². The van der Waals surface area contributed by atoms with E-state index in [1.165, 1.54) is 44.2 Å². The summed E-state index contributed by atoms with van der Waals surface area (Å²) in [5.41, 5.74) is 1.25. The summed E-state index contributed by atoms with van der Waals surface area (Å²) in [5, 5.41) is 3.43. The molecule has 3 rings (SSSR count). The number of rotatable bonds is 2. The zero-order valence-corrected chi connectivity index (χ0v) is 10.7. The van der Waals surface area contributed by atoms with Gasteiger partial charge >= 0.3 is 0 Å². The van der Waals surface area contributed by atoms with Crippen molar-refractivity contribution in [2.75, 3.05) is 13.1 Å². The van der Waals surface area contributed by atoms with Gasteiger partial charge < -0.3 is 9.73 Å². The van der Waals surface area contributed by atoms with Crippen LogP contribution in [-0.2, 0) is 0 Å². The zero-order valence-electron chi connectivity index (χ0n) is 10.7. The Morgan fingerprint density at radius 1 is 1.12 bits per heavy atom. The number of aryl methyl sites for hydroxylation is 1. The molecule has 1 N–H and O–H groups in total. The summed E-state index contributed by atoms with van der Waals surface area (Å²) in [5.74, 6) is 3.22. The van der Waals surface area contributed by atoms with Crippen LogP contribution in [0.2, 0.25) is 0 Å². The van der Waals surface area contributed by atoms with Crippen LogP contribution in [0.25, 0.3) is 0 Å². The minimum absolute atomic E-state index is 0.498. The second kappa shape index (κ2) is 4.81. The highest BCUT2D eigenvalue weighted by atomic mass is 16.4. The molecule has 0 bridgehead atoms. The van der Waals surface area contributed by atoms with Crippen molar-refractivity contribution in [1.29, 1.82) is 0 Å². The van der Waals surface area contributed by atoms with Gasteiger partial charge in [-0.2, -0.15) is 0 Å². The minimum atomic E-state index is 0.498. The van der Waals surface area contributed by atoms with E-state index in [4.69, 9.17) is 9.40 Å². The summed E-state index contributed by atoms with van der Waals surface area (Å²) in [6.45, 7) is 4.26. The van der Waals surface area contributed by atoms with Crippen molar-refractivity contribution in [2.45, 2.75) is 57.3 Å². The molecule has 1 unspecified atom stereocenters. The number of aromatic nitrogens is 1. The van der Waals surface area contributed by atoms with Crippen LogP contribution in [-0.4, -0.2) is 18.1 Å². The van der Waals surface area contributed by atoms with E-state index in [2.05, 4.69) is 12.2 Å². The molecule has 3 nitrogen and oxygen atoms in total. The average Bonchev–Trinajstić information content (AvgIpc) is 2.99. The monoisotopic (exact) mass is 234 g/mol. The predicted octanol–water partition coefficient (Wildman–Crippen LogP) is 3.11. The Hall–Kier alpha value is -0.830. The molecule has 0 aromatic carbocycles. The maximum atomic E-state index is 5.92. The van der Waals surface area contributed by atoms with Crippen LogP contribution < -0.4 is 5.32 Å². The van der Waals surface area contributed by atoms with E-state index in [0.717, 1.165) is 24.7 Å². The molecule has 2 aliphatic rings. The van der Waals surface area contributed by atoms with Crippen molar-refractivity contribution < 1.29 is 4.42 Å². The standard InChI is InChI=1S/C14H22N2O/c1-10-13(11-5-2-3-6-11)16-14(17-10)12-7-4-8-15-9-12/h11-12,15H,2-9H2,1H3. The summed E-state index contributed by atoms with van der Waals surface area (Å²) >= 11 is 0. The van der Waals surface area contributed by atoms with Crippen molar-refractivity contribution >= 4 is 0 Å². The Morgan fingerprint density at radius 2 is 1.88 bits per heavy atom. The molecule has 1 aromatic rings. The molecule has 1 atom stereocenters. The van der Waals surface area contributed by atoms with Gasteiger partial charge in [-0.1, -0.05) is 12.8 Å². The first kappa shape index (κ1) is 11.3. The van der Waals surface area contributed by atoms with Crippen LogP contribution in [0.5, 0.6) is 0 Å². The maximum absolute atomic E-state index is 5.92. The predicted molar refractivity (Wildman–Crippen MR) is 67.3 cm³/mol. The number of piperidine rings is 1. The second-order valence-electron chi connectivity index (χ2n) is 5.52. The van der Waals surface area contributed by atoms with Crippen LogP contribution >= 0.6 is 0 Å². The Bertz CT molecular complexity index is 374. The molecule has 2 heterocycles. The highest BCUT2D eigenvalue weighted by molar-refractivity contribution is 5.16. The minimum Gasteiger partial charge on any atom is -0.445 e. The summed E-state index contributed by atoms with van der Waals surface area (Å²) < 4.78 is 5.92. The third-order valence-corrected chi connectivity index (χ3v) is 4.24. The lowest BCUT2D eigenvalue weighted by atomic mass is 9.99. The second-order valence-corrected chi connectivity index (χ2v) is 5.52. The van der Waals surface area contributed by atoms with Crippen molar-refractivity contribution in [3.05, 3.63) is 17.3 Å². The topological polar surface area (TPSA) is 38.1 Å². The highest BCUT2D eigenvalue weighted by Gasteiger charge is 2.26. The molecular formula is C14H22N2O. The number of oxazole rings is 1. The molecule has 1 aliphatic carbocycles. The Labute approximate surface area is 103 Å². The van der Waals surface area contributed by atoms with E-state index < -0.39 is 0 Å². The van der Waals surface area contributed by atoms with Gasteiger partial charge in [0.1, 0.15) is 5.76 Å². The number of nitrogens with one attached hydrogen (secondary N) is 1. The molecule has 1 aromatic heterocycles. The average molecular weight is 234 g/mol. The molecule has 1 saturated heterocycles. The van der Waals surface area contributed by atoms with Crippen LogP contribution in [0.3, 0.4) is 0 Å². The van der Waals surface area contributed by atoms with Gasteiger partial charge in [-0.3, -0.25) is 0 Å². The molecule has 0 spiro atoms. The van der Waals surface area contributed by atoms with Crippen molar-refractivity contribution in [1.82, 2.24) is 10.3 Å². The fourth-order valence-electron chi connectivity index (χ4n) is 3.24. The van der Waals surface area contributed by atoms with E-state index in [1.54, 1.807) is 0 Å². The van der Waals surface area contributed by atoms with Crippen LogP contribution in [0, 0.1) is 6.92 Å². The van der Waals surface area contributed by atoms with Gasteiger partial charge in [0.25, 0.3) is 0 Å². The number of nitrogens with zero attached hydrogens (tertiary/aromatic N) is 1. The van der Waals surface area contributed by atoms with E-state index >= 15 is 0 Å². The normalized spacial score (nSPS) is 26.5. The number of hydrogen-bond donors (Lipinski definition) is 1. The molecule has 1 saturated carbocycles. The fraction of sp³-hybridized carbons (Fsp3) is 0.786. The maximum Gasteiger partial charge on any atom is 0.199 e. The lowest BCUT2D eigenvalue weighted by molar-refractivity contribution is 0.368. The smallest absolute Gasteiger partial charge is 0.199 e.